The lowest BCUT2D eigenvalue weighted by atomic mass is 10.1. The molecule has 1 nitrogen and oxygen atoms in total. The van der Waals surface area contributed by atoms with Crippen molar-refractivity contribution in [1.29, 1.82) is 0 Å². The van der Waals surface area contributed by atoms with E-state index in [0.717, 1.165) is 11.3 Å². The molecule has 1 heterocycles. The van der Waals surface area contributed by atoms with E-state index < -0.39 is 18.1 Å². The Labute approximate surface area is 93.1 Å². The van der Waals surface area contributed by atoms with Gasteiger partial charge in [0.1, 0.15) is 6.04 Å². The Balaban J connectivity index is 3.11. The molecule has 0 fully saturated rings. The second-order valence-electron chi connectivity index (χ2n) is 3.50. The fraction of sp³-hybridized carbons (Fsp3) is 0.556. The number of aryl methyl sites for hydroxylation is 2. The lowest BCUT2D eigenvalue weighted by molar-refractivity contribution is -0.290. The van der Waals surface area contributed by atoms with Gasteiger partial charge in [-0.05, 0) is 25.5 Å². The SMILES string of the molecule is Cc1cc(C)c(C(N)C(F)(F)C(F)(F)F)s1. The topological polar surface area (TPSA) is 26.0 Å². The number of alkyl halides is 5. The Morgan fingerprint density at radius 1 is 1.19 bits per heavy atom. The van der Waals surface area contributed by atoms with Gasteiger partial charge in [0.25, 0.3) is 0 Å². The van der Waals surface area contributed by atoms with Crippen LogP contribution in [0.2, 0.25) is 0 Å². The highest BCUT2D eigenvalue weighted by Crippen LogP contribution is 2.45. The molecule has 1 unspecified atom stereocenters. The fourth-order valence-electron chi connectivity index (χ4n) is 1.31. The maximum atomic E-state index is 13.0. The standard InChI is InChI=1S/C9H10F5NS/c1-4-3-5(2)16-6(4)7(15)8(10,11)9(12,13)14/h3,7H,15H2,1-2H3. The van der Waals surface area contributed by atoms with Gasteiger partial charge >= 0.3 is 12.1 Å². The lowest BCUT2D eigenvalue weighted by Crippen LogP contribution is -2.45. The third kappa shape index (κ3) is 2.20. The molecule has 1 rings (SSSR count). The molecule has 0 aromatic carbocycles. The molecule has 1 aromatic heterocycles. The van der Waals surface area contributed by atoms with Crippen LogP contribution in [0, 0.1) is 13.8 Å². The van der Waals surface area contributed by atoms with Crippen LogP contribution in [0.25, 0.3) is 0 Å². The zero-order valence-corrected chi connectivity index (χ0v) is 9.35. The zero-order valence-electron chi connectivity index (χ0n) is 8.53. The molecule has 2 N–H and O–H groups in total. The molecule has 0 spiro atoms. The molecule has 0 bridgehead atoms. The van der Waals surface area contributed by atoms with Crippen LogP contribution in [0.15, 0.2) is 6.07 Å². The van der Waals surface area contributed by atoms with Crippen LogP contribution >= 0.6 is 11.3 Å². The van der Waals surface area contributed by atoms with E-state index in [2.05, 4.69) is 0 Å². The molecule has 0 aliphatic rings. The highest BCUT2D eigenvalue weighted by molar-refractivity contribution is 7.12. The van der Waals surface area contributed by atoms with Gasteiger partial charge in [-0.1, -0.05) is 0 Å². The van der Waals surface area contributed by atoms with Crippen molar-refractivity contribution in [3.63, 3.8) is 0 Å². The summed E-state index contributed by atoms with van der Waals surface area (Å²) in [5.74, 6) is -4.91. The van der Waals surface area contributed by atoms with Crippen molar-refractivity contribution in [3.05, 3.63) is 21.4 Å². The molecule has 1 aromatic rings. The number of halogens is 5. The van der Waals surface area contributed by atoms with Gasteiger partial charge in [0.05, 0.1) is 0 Å². The first-order valence-corrected chi connectivity index (χ1v) is 5.16. The molecule has 0 amide bonds. The van der Waals surface area contributed by atoms with Gasteiger partial charge in [-0.2, -0.15) is 22.0 Å². The third-order valence-electron chi connectivity index (χ3n) is 2.13. The van der Waals surface area contributed by atoms with Gasteiger partial charge in [-0.25, -0.2) is 0 Å². The number of thiophene rings is 1. The molecule has 16 heavy (non-hydrogen) atoms. The molecule has 0 radical (unpaired) electrons. The first-order chi connectivity index (χ1) is 7.07. The smallest absolute Gasteiger partial charge is 0.318 e. The highest BCUT2D eigenvalue weighted by atomic mass is 32.1. The summed E-state index contributed by atoms with van der Waals surface area (Å²) < 4.78 is 62.2. The second-order valence-corrected chi connectivity index (χ2v) is 4.79. The van der Waals surface area contributed by atoms with Gasteiger partial charge < -0.3 is 5.73 Å². The predicted molar refractivity (Wildman–Crippen MR) is 51.7 cm³/mol. The summed E-state index contributed by atoms with van der Waals surface area (Å²) in [5, 5.41) is 0. The van der Waals surface area contributed by atoms with Crippen LogP contribution in [0.3, 0.4) is 0 Å². The summed E-state index contributed by atoms with van der Waals surface area (Å²) in [6, 6.07) is -0.807. The van der Waals surface area contributed by atoms with E-state index in [1.165, 1.54) is 13.0 Å². The van der Waals surface area contributed by atoms with E-state index in [1.54, 1.807) is 6.92 Å². The molecule has 0 saturated carbocycles. The highest BCUT2D eigenvalue weighted by Gasteiger charge is 2.62. The summed E-state index contributed by atoms with van der Waals surface area (Å²) in [4.78, 5) is 0.528. The van der Waals surface area contributed by atoms with Crippen molar-refractivity contribution in [2.24, 2.45) is 5.73 Å². The number of nitrogens with two attached hydrogens (primary N) is 1. The normalized spacial score (nSPS) is 15.2. The monoisotopic (exact) mass is 259 g/mol. The molecule has 0 saturated heterocycles. The van der Waals surface area contributed by atoms with E-state index in [0.29, 0.717) is 10.4 Å². The first-order valence-electron chi connectivity index (χ1n) is 4.34. The van der Waals surface area contributed by atoms with Crippen LogP contribution in [-0.4, -0.2) is 12.1 Å². The van der Waals surface area contributed by atoms with Gasteiger partial charge in [-0.15, -0.1) is 11.3 Å². The van der Waals surface area contributed by atoms with Gasteiger partial charge in [-0.3, -0.25) is 0 Å². The van der Waals surface area contributed by atoms with Crippen molar-refractivity contribution in [2.75, 3.05) is 0 Å². The van der Waals surface area contributed by atoms with E-state index in [9.17, 15) is 22.0 Å². The Kier molecular flexibility index (Phi) is 3.31. The predicted octanol–water partition coefficient (Wildman–Crippen LogP) is 3.56. The van der Waals surface area contributed by atoms with E-state index in [1.807, 2.05) is 0 Å². The van der Waals surface area contributed by atoms with Crippen molar-refractivity contribution in [2.45, 2.75) is 32.0 Å². The van der Waals surface area contributed by atoms with E-state index in [4.69, 9.17) is 5.73 Å². The molecule has 7 heteroatoms. The molecule has 0 aliphatic heterocycles. The molecule has 0 aliphatic carbocycles. The lowest BCUT2D eigenvalue weighted by Gasteiger charge is -2.25. The number of hydrogen-bond donors (Lipinski definition) is 1. The summed E-state index contributed by atoms with van der Waals surface area (Å²) in [7, 11) is 0. The molecular weight excluding hydrogens is 249 g/mol. The molecule has 92 valence electrons. The van der Waals surface area contributed by atoms with Crippen molar-refractivity contribution in [3.8, 4) is 0 Å². The van der Waals surface area contributed by atoms with Crippen molar-refractivity contribution < 1.29 is 22.0 Å². The van der Waals surface area contributed by atoms with E-state index >= 15 is 0 Å². The number of rotatable bonds is 2. The third-order valence-corrected chi connectivity index (χ3v) is 3.37. The fourth-order valence-corrected chi connectivity index (χ4v) is 2.39. The Morgan fingerprint density at radius 3 is 2.00 bits per heavy atom. The van der Waals surface area contributed by atoms with Crippen LogP contribution in [0.4, 0.5) is 22.0 Å². The minimum atomic E-state index is -5.63. The largest absolute Gasteiger partial charge is 0.455 e. The minimum Gasteiger partial charge on any atom is -0.318 e. The summed E-state index contributed by atoms with van der Waals surface area (Å²) in [5.41, 5.74) is 5.37. The maximum absolute atomic E-state index is 13.0. The van der Waals surface area contributed by atoms with Gasteiger partial charge in [0.2, 0.25) is 0 Å². The Hall–Kier alpha value is -0.690. The molecular formula is C9H10F5NS. The quantitative estimate of drug-likeness (QED) is 0.807. The summed E-state index contributed by atoms with van der Waals surface area (Å²) in [6.45, 7) is 3.09. The summed E-state index contributed by atoms with van der Waals surface area (Å²) >= 11 is 0.860. The average Bonchev–Trinajstić information content (AvgIpc) is 2.41. The van der Waals surface area contributed by atoms with Crippen molar-refractivity contribution >= 4 is 11.3 Å². The van der Waals surface area contributed by atoms with Crippen LogP contribution in [0.1, 0.15) is 21.4 Å². The number of hydrogen-bond acceptors (Lipinski definition) is 2. The zero-order chi connectivity index (χ0) is 12.7. The van der Waals surface area contributed by atoms with Crippen molar-refractivity contribution in [1.82, 2.24) is 0 Å². The first kappa shape index (κ1) is 13.4. The second kappa shape index (κ2) is 3.96. The molecule has 1 atom stereocenters. The van der Waals surface area contributed by atoms with Gasteiger partial charge in [0, 0.05) is 9.75 Å². The van der Waals surface area contributed by atoms with Gasteiger partial charge in [0.15, 0.2) is 0 Å². The van der Waals surface area contributed by atoms with Crippen LogP contribution in [-0.2, 0) is 0 Å². The Morgan fingerprint density at radius 2 is 1.69 bits per heavy atom. The maximum Gasteiger partial charge on any atom is 0.455 e. The van der Waals surface area contributed by atoms with Crippen LogP contribution < -0.4 is 5.73 Å². The Bertz CT molecular complexity index is 382. The van der Waals surface area contributed by atoms with E-state index in [-0.39, 0.29) is 4.88 Å². The van der Waals surface area contributed by atoms with Crippen LogP contribution in [0.5, 0.6) is 0 Å². The average molecular weight is 259 g/mol. The summed E-state index contributed by atoms with van der Waals surface area (Å²) in [6.07, 6.45) is -5.63. The minimum absolute atomic E-state index is 0.125.